The van der Waals surface area contributed by atoms with Crippen LogP contribution in [0.25, 0.3) is 5.57 Å². The third-order valence-electron chi connectivity index (χ3n) is 2.61. The Kier molecular flexibility index (Phi) is 7.36. The van der Waals surface area contributed by atoms with Crippen molar-refractivity contribution in [3.8, 4) is 0 Å². The van der Waals surface area contributed by atoms with Crippen LogP contribution >= 0.6 is 23.2 Å². The Morgan fingerprint density at radius 2 is 2.11 bits per heavy atom. The summed E-state index contributed by atoms with van der Waals surface area (Å²) in [6, 6.07) is 5.52. The fraction of sp³-hybridized carbons (Fsp3) is 0.429. The minimum absolute atomic E-state index is 0.709. The van der Waals surface area contributed by atoms with Crippen molar-refractivity contribution in [3.63, 3.8) is 0 Å². The van der Waals surface area contributed by atoms with Gasteiger partial charge in [-0.15, -0.1) is 0 Å². The highest BCUT2D eigenvalue weighted by Crippen LogP contribution is 2.26. The smallest absolute Gasteiger partial charge is 0.0587 e. The first-order valence-electron chi connectivity index (χ1n) is 5.97. The minimum Gasteiger partial charge on any atom is -0.383 e. The summed E-state index contributed by atoms with van der Waals surface area (Å²) in [5.41, 5.74) is 2.15. The van der Waals surface area contributed by atoms with Crippen molar-refractivity contribution in [1.82, 2.24) is 5.32 Å². The van der Waals surface area contributed by atoms with Crippen molar-refractivity contribution in [3.05, 3.63) is 39.9 Å². The van der Waals surface area contributed by atoms with Gasteiger partial charge in [0.25, 0.3) is 0 Å². The molecule has 0 heterocycles. The monoisotopic (exact) mass is 287 g/mol. The van der Waals surface area contributed by atoms with Gasteiger partial charge in [0.15, 0.2) is 0 Å². The molecule has 0 saturated carbocycles. The molecular weight excluding hydrogens is 269 g/mol. The summed E-state index contributed by atoms with van der Waals surface area (Å²) in [5, 5.41) is 4.74. The first kappa shape index (κ1) is 15.5. The van der Waals surface area contributed by atoms with Gasteiger partial charge in [-0.05, 0) is 49.2 Å². The summed E-state index contributed by atoms with van der Waals surface area (Å²) in [7, 11) is 1.70. The molecule has 0 atom stereocenters. The number of halogens is 2. The van der Waals surface area contributed by atoms with Crippen molar-refractivity contribution < 1.29 is 4.74 Å². The maximum Gasteiger partial charge on any atom is 0.0587 e. The number of rotatable bonds is 7. The Hall–Kier alpha value is -0.540. The number of ether oxygens (including phenoxy) is 1. The van der Waals surface area contributed by atoms with Crippen molar-refractivity contribution in [2.45, 2.75) is 13.3 Å². The molecule has 4 heteroatoms. The zero-order valence-electron chi connectivity index (χ0n) is 10.8. The van der Waals surface area contributed by atoms with Crippen molar-refractivity contribution >= 4 is 28.8 Å². The average molecular weight is 288 g/mol. The topological polar surface area (TPSA) is 21.3 Å². The normalized spacial score (nSPS) is 11.9. The van der Waals surface area contributed by atoms with Gasteiger partial charge in [-0.1, -0.05) is 29.3 Å². The predicted molar refractivity (Wildman–Crippen MR) is 79.5 cm³/mol. The summed E-state index contributed by atoms with van der Waals surface area (Å²) in [6.45, 7) is 4.59. The molecule has 0 fully saturated rings. The van der Waals surface area contributed by atoms with E-state index in [1.807, 2.05) is 19.1 Å². The lowest BCUT2D eigenvalue weighted by molar-refractivity contribution is 0.199. The Labute approximate surface area is 119 Å². The van der Waals surface area contributed by atoms with E-state index < -0.39 is 0 Å². The third-order valence-corrected chi connectivity index (χ3v) is 3.17. The number of hydrogen-bond donors (Lipinski definition) is 1. The third kappa shape index (κ3) is 5.40. The molecule has 1 rings (SSSR count). The molecule has 0 radical (unpaired) electrons. The van der Waals surface area contributed by atoms with E-state index in [0.29, 0.717) is 5.02 Å². The van der Waals surface area contributed by atoms with Crippen LogP contribution in [0.3, 0.4) is 0 Å². The van der Waals surface area contributed by atoms with Gasteiger partial charge in [-0.25, -0.2) is 0 Å². The Bertz CT molecular complexity index is 405. The lowest BCUT2D eigenvalue weighted by Gasteiger charge is -2.06. The van der Waals surface area contributed by atoms with Crippen molar-refractivity contribution in [2.75, 3.05) is 26.8 Å². The number of nitrogens with one attached hydrogen (secondary N) is 1. The van der Waals surface area contributed by atoms with E-state index in [1.54, 1.807) is 13.2 Å². The molecule has 2 nitrogen and oxygen atoms in total. The second-order valence-electron chi connectivity index (χ2n) is 4.04. The van der Waals surface area contributed by atoms with Gasteiger partial charge < -0.3 is 10.1 Å². The summed E-state index contributed by atoms with van der Waals surface area (Å²) in [6.07, 6.45) is 3.12. The van der Waals surface area contributed by atoms with Crippen LogP contribution < -0.4 is 5.32 Å². The highest BCUT2D eigenvalue weighted by Gasteiger charge is 2.02. The second kappa shape index (κ2) is 8.54. The highest BCUT2D eigenvalue weighted by molar-refractivity contribution is 6.34. The lowest BCUT2D eigenvalue weighted by Crippen LogP contribution is -2.19. The van der Waals surface area contributed by atoms with E-state index in [1.165, 1.54) is 0 Å². The SMILES string of the molecule is COCCNCCC=C(C)c1cc(Cl)ccc1Cl. The van der Waals surface area contributed by atoms with Crippen LogP contribution in [0.1, 0.15) is 18.9 Å². The first-order valence-corrected chi connectivity index (χ1v) is 6.72. The van der Waals surface area contributed by atoms with Gasteiger partial charge in [0, 0.05) is 23.7 Å². The zero-order valence-corrected chi connectivity index (χ0v) is 12.3. The van der Waals surface area contributed by atoms with Crippen molar-refractivity contribution in [2.24, 2.45) is 0 Å². The van der Waals surface area contributed by atoms with Gasteiger partial charge >= 0.3 is 0 Å². The molecule has 0 saturated heterocycles. The predicted octanol–water partition coefficient (Wildman–Crippen LogP) is 4.02. The van der Waals surface area contributed by atoms with E-state index in [2.05, 4.69) is 11.4 Å². The van der Waals surface area contributed by atoms with E-state index >= 15 is 0 Å². The molecule has 0 aliphatic carbocycles. The molecule has 0 aliphatic rings. The Morgan fingerprint density at radius 3 is 2.83 bits per heavy atom. The standard InChI is InChI=1S/C14H19Cl2NO/c1-11(4-3-7-17-8-9-18-2)13-10-12(15)5-6-14(13)16/h4-6,10,17H,3,7-9H2,1-2H3. The number of benzene rings is 1. The van der Waals surface area contributed by atoms with Gasteiger partial charge in [-0.3, -0.25) is 0 Å². The van der Waals surface area contributed by atoms with E-state index in [0.717, 1.165) is 42.3 Å². The molecule has 1 aromatic rings. The molecule has 100 valence electrons. The zero-order chi connectivity index (χ0) is 13.4. The first-order chi connectivity index (χ1) is 8.65. The highest BCUT2D eigenvalue weighted by atomic mass is 35.5. The van der Waals surface area contributed by atoms with Gasteiger partial charge in [-0.2, -0.15) is 0 Å². The van der Waals surface area contributed by atoms with Crippen LogP contribution in [-0.4, -0.2) is 26.8 Å². The molecule has 0 unspecified atom stereocenters. The molecule has 0 aromatic heterocycles. The number of allylic oxidation sites excluding steroid dienone is 1. The maximum atomic E-state index is 6.14. The van der Waals surface area contributed by atoms with Crippen LogP contribution in [0, 0.1) is 0 Å². The fourth-order valence-corrected chi connectivity index (χ4v) is 2.04. The summed E-state index contributed by atoms with van der Waals surface area (Å²) >= 11 is 12.1. The van der Waals surface area contributed by atoms with Gasteiger partial charge in [0.05, 0.1) is 6.61 Å². The van der Waals surface area contributed by atoms with E-state index in [9.17, 15) is 0 Å². The summed E-state index contributed by atoms with van der Waals surface area (Å²) < 4.78 is 4.96. The second-order valence-corrected chi connectivity index (χ2v) is 4.89. The van der Waals surface area contributed by atoms with Crippen LogP contribution in [0.5, 0.6) is 0 Å². The van der Waals surface area contributed by atoms with Crippen LogP contribution in [0.2, 0.25) is 10.0 Å². The molecule has 0 bridgehead atoms. The minimum atomic E-state index is 0.709. The average Bonchev–Trinajstić information content (AvgIpc) is 2.36. The maximum absolute atomic E-state index is 6.14. The lowest BCUT2D eigenvalue weighted by atomic mass is 10.1. The van der Waals surface area contributed by atoms with E-state index in [-0.39, 0.29) is 0 Å². The quantitative estimate of drug-likeness (QED) is 0.765. The molecule has 18 heavy (non-hydrogen) atoms. The van der Waals surface area contributed by atoms with Crippen LogP contribution in [0.15, 0.2) is 24.3 Å². The number of methoxy groups -OCH3 is 1. The molecule has 0 amide bonds. The molecule has 1 N–H and O–H groups in total. The molecule has 1 aromatic carbocycles. The van der Waals surface area contributed by atoms with Crippen LogP contribution in [-0.2, 0) is 4.74 Å². The molecule has 0 spiro atoms. The van der Waals surface area contributed by atoms with Crippen molar-refractivity contribution in [1.29, 1.82) is 0 Å². The van der Waals surface area contributed by atoms with Crippen LogP contribution in [0.4, 0.5) is 0 Å². The number of hydrogen-bond acceptors (Lipinski definition) is 2. The molecule has 0 aliphatic heterocycles. The largest absolute Gasteiger partial charge is 0.383 e. The summed E-state index contributed by atoms with van der Waals surface area (Å²) in [5.74, 6) is 0. The Morgan fingerprint density at radius 1 is 1.33 bits per heavy atom. The van der Waals surface area contributed by atoms with E-state index in [4.69, 9.17) is 27.9 Å². The fourth-order valence-electron chi connectivity index (χ4n) is 1.60. The molecular formula is C14H19Cl2NO. The van der Waals surface area contributed by atoms with Gasteiger partial charge in [0.1, 0.15) is 0 Å². The van der Waals surface area contributed by atoms with Gasteiger partial charge in [0.2, 0.25) is 0 Å². The summed E-state index contributed by atoms with van der Waals surface area (Å²) in [4.78, 5) is 0. The Balaban J connectivity index is 2.47.